The Morgan fingerprint density at radius 3 is 2.63 bits per heavy atom. The van der Waals surface area contributed by atoms with Gasteiger partial charge in [-0.15, -0.1) is 17.5 Å². The van der Waals surface area contributed by atoms with E-state index >= 15 is 0 Å². The number of methoxy groups -OCH3 is 1. The van der Waals surface area contributed by atoms with Crippen LogP contribution in [0.3, 0.4) is 0 Å². The minimum absolute atomic E-state index is 0. The fourth-order valence-corrected chi connectivity index (χ4v) is 3.11. The van der Waals surface area contributed by atoms with Gasteiger partial charge in [0, 0.05) is 18.2 Å². The summed E-state index contributed by atoms with van der Waals surface area (Å²) in [7, 11) is 1.60. The average Bonchev–Trinajstić information content (AvgIpc) is 3.40. The number of nitrogens with two attached hydrogens (primary N) is 1. The Morgan fingerprint density at radius 1 is 1.37 bits per heavy atom. The Morgan fingerprint density at radius 2 is 2.07 bits per heavy atom. The topological polar surface area (TPSA) is 108 Å². The molecule has 0 spiro atoms. The van der Waals surface area contributed by atoms with Crippen LogP contribution in [0.5, 0.6) is 5.75 Å². The van der Waals surface area contributed by atoms with E-state index in [-0.39, 0.29) is 18.3 Å². The summed E-state index contributed by atoms with van der Waals surface area (Å²) in [6.07, 6.45) is 3.55. The first-order valence-corrected chi connectivity index (χ1v) is 9.06. The number of hydrogen-bond donors (Lipinski definition) is 2. The fourth-order valence-electron chi connectivity index (χ4n) is 3.11. The summed E-state index contributed by atoms with van der Waals surface area (Å²) in [6.45, 7) is 4.28. The number of nitrogens with zero attached hydrogens (tertiary/aromatic N) is 4. The summed E-state index contributed by atoms with van der Waals surface area (Å²) >= 11 is 0. The van der Waals surface area contributed by atoms with Gasteiger partial charge in [-0.05, 0) is 54.3 Å². The van der Waals surface area contributed by atoms with Crippen LogP contribution in [0.2, 0.25) is 0 Å². The Kier molecular flexibility index (Phi) is 6.78. The number of anilines is 1. The molecular formula is C18H27ClN6O2. The highest BCUT2D eigenvalue weighted by Gasteiger charge is 2.34. The van der Waals surface area contributed by atoms with Crippen LogP contribution in [0, 0.1) is 5.41 Å². The summed E-state index contributed by atoms with van der Waals surface area (Å²) in [5.41, 5.74) is 6.70. The van der Waals surface area contributed by atoms with Crippen molar-refractivity contribution in [3.63, 3.8) is 0 Å². The predicted octanol–water partition coefficient (Wildman–Crippen LogP) is 2.67. The zero-order valence-corrected chi connectivity index (χ0v) is 16.8. The Balaban J connectivity index is 0.00000261. The summed E-state index contributed by atoms with van der Waals surface area (Å²) < 4.78 is 7.16. The lowest BCUT2D eigenvalue weighted by Crippen LogP contribution is -2.41. The Hall–Kier alpha value is -2.19. The second kappa shape index (κ2) is 8.67. The van der Waals surface area contributed by atoms with E-state index in [1.807, 2.05) is 32.0 Å². The van der Waals surface area contributed by atoms with E-state index in [0.717, 1.165) is 18.7 Å². The van der Waals surface area contributed by atoms with E-state index < -0.39 is 5.41 Å². The van der Waals surface area contributed by atoms with Gasteiger partial charge in [-0.1, -0.05) is 13.8 Å². The number of carbonyl (C=O) groups is 1. The lowest BCUT2D eigenvalue weighted by Gasteiger charge is -2.28. The van der Waals surface area contributed by atoms with Crippen molar-refractivity contribution in [2.24, 2.45) is 11.1 Å². The molecule has 1 aromatic carbocycles. The summed E-state index contributed by atoms with van der Waals surface area (Å²) in [4.78, 5) is 12.8. The number of carbonyl (C=O) groups excluding carboxylic acids is 1. The minimum Gasteiger partial charge on any atom is -0.494 e. The average molecular weight is 395 g/mol. The summed E-state index contributed by atoms with van der Waals surface area (Å²) in [5, 5.41) is 15.1. The van der Waals surface area contributed by atoms with Crippen molar-refractivity contribution in [3.05, 3.63) is 24.0 Å². The number of aromatic nitrogens is 4. The van der Waals surface area contributed by atoms with Crippen LogP contribution in [-0.4, -0.2) is 39.8 Å². The smallest absolute Gasteiger partial charge is 0.231 e. The predicted molar refractivity (Wildman–Crippen MR) is 106 cm³/mol. The third kappa shape index (κ3) is 4.06. The number of tetrazole rings is 1. The van der Waals surface area contributed by atoms with Crippen LogP contribution in [-0.2, 0) is 4.79 Å². The van der Waals surface area contributed by atoms with E-state index in [1.54, 1.807) is 11.8 Å². The number of halogens is 1. The van der Waals surface area contributed by atoms with E-state index in [4.69, 9.17) is 10.5 Å². The molecule has 1 aliphatic rings. The standard InChI is InChI=1S/C18H26N6O2.ClH/c1-4-18(5-2,11-19)17(25)20-13-8-9-15(26-3)14(10-13)24-16(12-6-7-12)21-22-23-24;/h8-10,12H,4-7,11,19H2,1-3H3,(H,20,25);1H. The lowest BCUT2D eigenvalue weighted by molar-refractivity contribution is -0.125. The van der Waals surface area contributed by atoms with Crippen LogP contribution in [0.1, 0.15) is 51.3 Å². The van der Waals surface area contributed by atoms with Crippen molar-refractivity contribution < 1.29 is 9.53 Å². The highest BCUT2D eigenvalue weighted by molar-refractivity contribution is 5.95. The molecule has 1 aliphatic carbocycles. The molecule has 0 atom stereocenters. The molecule has 3 rings (SSSR count). The molecule has 0 aliphatic heterocycles. The SMILES string of the molecule is CCC(CC)(CN)C(=O)Nc1ccc(OC)c(-n2nnnc2C2CC2)c1.Cl. The second-order valence-corrected chi connectivity index (χ2v) is 6.76. The summed E-state index contributed by atoms with van der Waals surface area (Å²) in [6, 6.07) is 5.46. The van der Waals surface area contributed by atoms with Crippen molar-refractivity contribution in [1.29, 1.82) is 0 Å². The first-order valence-electron chi connectivity index (χ1n) is 9.06. The zero-order chi connectivity index (χ0) is 18.7. The zero-order valence-electron chi connectivity index (χ0n) is 15.9. The molecule has 27 heavy (non-hydrogen) atoms. The van der Waals surface area contributed by atoms with Gasteiger partial charge in [-0.2, -0.15) is 4.68 Å². The molecule has 1 saturated carbocycles. The molecule has 1 fully saturated rings. The molecule has 3 N–H and O–H groups in total. The van der Waals surface area contributed by atoms with Crippen molar-refractivity contribution in [2.75, 3.05) is 19.0 Å². The van der Waals surface area contributed by atoms with Crippen LogP contribution in [0.15, 0.2) is 18.2 Å². The van der Waals surface area contributed by atoms with Gasteiger partial charge in [-0.3, -0.25) is 4.79 Å². The lowest BCUT2D eigenvalue weighted by atomic mass is 9.81. The first kappa shape index (κ1) is 21.1. The van der Waals surface area contributed by atoms with Gasteiger partial charge in [0.2, 0.25) is 5.91 Å². The second-order valence-electron chi connectivity index (χ2n) is 6.76. The van der Waals surface area contributed by atoms with Crippen LogP contribution < -0.4 is 15.8 Å². The molecule has 1 heterocycles. The monoisotopic (exact) mass is 394 g/mol. The van der Waals surface area contributed by atoms with Crippen LogP contribution >= 0.6 is 12.4 Å². The Bertz CT molecular complexity index is 778. The molecule has 0 radical (unpaired) electrons. The largest absolute Gasteiger partial charge is 0.494 e. The Labute approximate surface area is 165 Å². The minimum atomic E-state index is -0.561. The van der Waals surface area contributed by atoms with Gasteiger partial charge in [0.25, 0.3) is 0 Å². The molecular weight excluding hydrogens is 368 g/mol. The quantitative estimate of drug-likeness (QED) is 0.712. The number of amides is 1. The van der Waals surface area contributed by atoms with Gasteiger partial charge in [0.1, 0.15) is 11.4 Å². The van der Waals surface area contributed by atoms with Gasteiger partial charge < -0.3 is 15.8 Å². The van der Waals surface area contributed by atoms with Gasteiger partial charge >= 0.3 is 0 Å². The molecule has 2 aromatic rings. The molecule has 1 amide bonds. The van der Waals surface area contributed by atoms with Crippen LogP contribution in [0.4, 0.5) is 5.69 Å². The molecule has 0 bridgehead atoms. The van der Waals surface area contributed by atoms with Crippen molar-refractivity contribution in [3.8, 4) is 11.4 Å². The molecule has 1 aromatic heterocycles. The third-order valence-corrected chi connectivity index (χ3v) is 5.33. The van der Waals surface area contributed by atoms with Crippen molar-refractivity contribution in [2.45, 2.75) is 45.4 Å². The number of benzene rings is 1. The number of hydrogen-bond acceptors (Lipinski definition) is 6. The maximum absolute atomic E-state index is 12.8. The number of rotatable bonds is 8. The van der Waals surface area contributed by atoms with E-state index in [0.29, 0.717) is 42.4 Å². The van der Waals surface area contributed by atoms with E-state index in [1.165, 1.54) is 0 Å². The number of nitrogens with one attached hydrogen (secondary N) is 1. The van der Waals surface area contributed by atoms with Crippen molar-refractivity contribution >= 4 is 24.0 Å². The number of ether oxygens (including phenoxy) is 1. The highest BCUT2D eigenvalue weighted by atomic mass is 35.5. The van der Waals surface area contributed by atoms with Crippen molar-refractivity contribution in [1.82, 2.24) is 20.2 Å². The molecule has 0 unspecified atom stereocenters. The van der Waals surface area contributed by atoms with E-state index in [2.05, 4.69) is 20.8 Å². The maximum Gasteiger partial charge on any atom is 0.231 e. The molecule has 0 saturated heterocycles. The van der Waals surface area contributed by atoms with Gasteiger partial charge in [0.05, 0.1) is 12.5 Å². The van der Waals surface area contributed by atoms with E-state index in [9.17, 15) is 4.79 Å². The van der Waals surface area contributed by atoms with Gasteiger partial charge in [-0.25, -0.2) is 0 Å². The molecule has 8 nitrogen and oxygen atoms in total. The van der Waals surface area contributed by atoms with Crippen LogP contribution in [0.25, 0.3) is 5.69 Å². The highest BCUT2D eigenvalue weighted by Crippen LogP contribution is 2.40. The normalized spacial score (nSPS) is 13.8. The molecule has 9 heteroatoms. The summed E-state index contributed by atoms with van der Waals surface area (Å²) in [5.74, 6) is 1.79. The third-order valence-electron chi connectivity index (χ3n) is 5.33. The van der Waals surface area contributed by atoms with Gasteiger partial charge in [0.15, 0.2) is 5.82 Å². The first-order chi connectivity index (χ1) is 12.6. The fraction of sp³-hybridized carbons (Fsp3) is 0.556. The maximum atomic E-state index is 12.8. The molecule has 148 valence electrons.